The minimum Gasteiger partial charge on any atom is -0.459 e. The number of aliphatic hydroxyl groups excluding tert-OH is 2. The lowest BCUT2D eigenvalue weighted by Crippen LogP contribution is -2.61. The molecule has 4 aliphatic rings. The predicted octanol–water partition coefficient (Wildman–Crippen LogP) is 5.18. The molecule has 366 valence electrons. The van der Waals surface area contributed by atoms with Crippen LogP contribution >= 0.6 is 0 Å². The summed E-state index contributed by atoms with van der Waals surface area (Å²) in [7, 11) is 3.27. The molecule has 16 nitrogen and oxygen atoms in total. The second kappa shape index (κ2) is 23.1. The molecule has 0 unspecified atom stereocenters. The molecule has 5 N–H and O–H groups in total. The lowest BCUT2D eigenvalue weighted by atomic mass is 9.73. The maximum Gasteiger partial charge on any atom is 0.311 e. The van der Waals surface area contributed by atoms with E-state index in [1.165, 1.54) is 53.1 Å². The zero-order chi connectivity index (χ0) is 47.0. The van der Waals surface area contributed by atoms with E-state index < -0.39 is 114 Å². The Hall–Kier alpha value is -1.99. The molecule has 1 saturated carbocycles. The second-order valence-electron chi connectivity index (χ2n) is 20.0. The number of carbonyl (C=O) groups is 2. The monoisotopic (exact) mass is 901 g/mol. The summed E-state index contributed by atoms with van der Waals surface area (Å²) in [6.07, 6.45) is -0.923. The van der Waals surface area contributed by atoms with Crippen molar-refractivity contribution < 1.29 is 68.0 Å². The summed E-state index contributed by atoms with van der Waals surface area (Å²) >= 11 is 0. The molecule has 0 radical (unpaired) electrons. The van der Waals surface area contributed by atoms with Crippen LogP contribution in [0.5, 0.6) is 0 Å². The average molecular weight is 901 g/mol. The fourth-order valence-corrected chi connectivity index (χ4v) is 10.9. The van der Waals surface area contributed by atoms with Gasteiger partial charge in [0.05, 0.1) is 59.9 Å². The molecule has 1 aliphatic carbocycles. The molecule has 3 saturated heterocycles. The molecule has 3 heterocycles. The van der Waals surface area contributed by atoms with Crippen molar-refractivity contribution in [1.82, 2.24) is 5.32 Å². The van der Waals surface area contributed by atoms with Crippen LogP contribution in [0.4, 0.5) is 0 Å². The second-order valence-corrected chi connectivity index (χ2v) is 20.0. The summed E-state index contributed by atoms with van der Waals surface area (Å²) < 4.78 is 44.0. The van der Waals surface area contributed by atoms with Crippen LogP contribution in [0.25, 0.3) is 0 Å². The van der Waals surface area contributed by atoms with Crippen molar-refractivity contribution in [1.29, 1.82) is 0 Å². The highest BCUT2D eigenvalue weighted by molar-refractivity contribution is 5.88. The lowest BCUT2D eigenvalue weighted by molar-refractivity contribution is -0.311. The topological polar surface area (TPSA) is 213 Å². The van der Waals surface area contributed by atoms with Crippen LogP contribution < -0.4 is 5.32 Å². The third-order valence-electron chi connectivity index (χ3n) is 14.6. The van der Waals surface area contributed by atoms with Crippen molar-refractivity contribution in [2.45, 2.75) is 231 Å². The first-order valence-electron chi connectivity index (χ1n) is 23.7. The van der Waals surface area contributed by atoms with Crippen LogP contribution in [0.2, 0.25) is 0 Å². The van der Waals surface area contributed by atoms with Gasteiger partial charge in [0, 0.05) is 44.6 Å². The van der Waals surface area contributed by atoms with Gasteiger partial charge in [-0.25, -0.2) is 0 Å². The van der Waals surface area contributed by atoms with Gasteiger partial charge in [0.15, 0.2) is 18.7 Å². The zero-order valence-electron chi connectivity index (χ0n) is 40.5. The fraction of sp³-hybridized carbons (Fsp3) is 0.936. The first-order valence-corrected chi connectivity index (χ1v) is 23.7. The van der Waals surface area contributed by atoms with Gasteiger partial charge < -0.3 is 63.7 Å². The highest BCUT2D eigenvalue weighted by atomic mass is 16.7. The smallest absolute Gasteiger partial charge is 0.311 e. The van der Waals surface area contributed by atoms with E-state index in [0.717, 1.165) is 12.8 Å². The Morgan fingerprint density at radius 2 is 1.56 bits per heavy atom. The van der Waals surface area contributed by atoms with Gasteiger partial charge in [-0.3, -0.25) is 9.59 Å². The number of oxime groups is 1. The summed E-state index contributed by atoms with van der Waals surface area (Å²) in [5.41, 5.74) is -4.25. The normalized spacial score (nSPS) is 44.7. The van der Waals surface area contributed by atoms with Crippen molar-refractivity contribution in [3.63, 3.8) is 0 Å². The molecule has 0 bridgehead atoms. The minimum atomic E-state index is -1.93. The summed E-state index contributed by atoms with van der Waals surface area (Å²) in [5.74, 6) is -3.71. The van der Waals surface area contributed by atoms with E-state index in [0.29, 0.717) is 18.2 Å². The molecular formula is C47H84N2O14. The summed E-state index contributed by atoms with van der Waals surface area (Å²) in [6, 6.07) is -0.355. The van der Waals surface area contributed by atoms with E-state index in [4.69, 9.17) is 38.0 Å². The van der Waals surface area contributed by atoms with Crippen molar-refractivity contribution in [2.75, 3.05) is 20.8 Å². The molecular weight excluding hydrogens is 817 g/mol. The quantitative estimate of drug-likeness (QED) is 0.0916. The minimum absolute atomic E-state index is 0.0426. The number of rotatable bonds is 13. The van der Waals surface area contributed by atoms with E-state index in [1.807, 2.05) is 20.8 Å². The van der Waals surface area contributed by atoms with Gasteiger partial charge in [0.2, 0.25) is 0 Å². The van der Waals surface area contributed by atoms with E-state index in [1.54, 1.807) is 48.6 Å². The van der Waals surface area contributed by atoms with Crippen LogP contribution in [-0.2, 0) is 47.6 Å². The Labute approximate surface area is 376 Å². The van der Waals surface area contributed by atoms with Crippen molar-refractivity contribution in [2.24, 2.45) is 34.7 Å². The van der Waals surface area contributed by atoms with Gasteiger partial charge in [0.1, 0.15) is 23.9 Å². The zero-order valence-corrected chi connectivity index (χ0v) is 40.5. The highest BCUT2D eigenvalue weighted by Crippen LogP contribution is 2.41. The number of hydrogen-bond donors (Lipinski definition) is 5. The largest absolute Gasteiger partial charge is 0.459 e. The molecule has 0 aromatic rings. The average Bonchev–Trinajstić information content (AvgIpc) is 3.22. The molecule has 0 amide bonds. The molecule has 3 aliphatic heterocycles. The van der Waals surface area contributed by atoms with E-state index in [9.17, 15) is 30.0 Å². The van der Waals surface area contributed by atoms with E-state index in [-0.39, 0.29) is 31.7 Å². The molecule has 63 heavy (non-hydrogen) atoms. The van der Waals surface area contributed by atoms with Gasteiger partial charge >= 0.3 is 11.9 Å². The Morgan fingerprint density at radius 1 is 0.905 bits per heavy atom. The Bertz CT molecular complexity index is 1460. The van der Waals surface area contributed by atoms with Crippen LogP contribution in [-0.4, -0.2) is 143 Å². The maximum atomic E-state index is 14.5. The number of aliphatic hydroxyl groups is 4. The van der Waals surface area contributed by atoms with Crippen LogP contribution in [0.1, 0.15) is 147 Å². The molecule has 0 aromatic carbocycles. The van der Waals surface area contributed by atoms with E-state index in [2.05, 4.69) is 10.5 Å². The molecule has 18 atom stereocenters. The van der Waals surface area contributed by atoms with Crippen molar-refractivity contribution in [3.8, 4) is 0 Å². The molecule has 4 rings (SSSR count). The first-order chi connectivity index (χ1) is 29.5. The Morgan fingerprint density at radius 3 is 2.14 bits per heavy atom. The summed E-state index contributed by atoms with van der Waals surface area (Å²) in [5, 5.41) is 55.9. The predicted molar refractivity (Wildman–Crippen MR) is 235 cm³/mol. The molecule has 0 spiro atoms. The lowest BCUT2D eigenvalue weighted by Gasteiger charge is -2.49. The van der Waals surface area contributed by atoms with Gasteiger partial charge in [-0.2, -0.15) is 0 Å². The Balaban J connectivity index is 1.79. The highest BCUT2D eigenvalue weighted by Gasteiger charge is 2.54. The van der Waals surface area contributed by atoms with Gasteiger partial charge in [-0.15, -0.1) is 0 Å². The van der Waals surface area contributed by atoms with Crippen molar-refractivity contribution in [3.05, 3.63) is 0 Å². The number of nitrogens with one attached hydrogen (secondary N) is 1. The van der Waals surface area contributed by atoms with E-state index >= 15 is 0 Å². The maximum absolute atomic E-state index is 14.5. The van der Waals surface area contributed by atoms with Crippen molar-refractivity contribution >= 4 is 17.7 Å². The number of cyclic esters (lactones) is 1. The number of methoxy groups -OCH3 is 1. The standard InChI is InChI=1S/C47H84N2O14/c1-14-35-47(11,55)41(52)27(3)38(49-57-22-18-21-33-19-16-15-17-20-33)26(2)24-45(9,54)42(63-36-23-34(51)39(48-12)30(6)58-36)28(4)40(29(5)44(53)61-35)62-37-25-46(10,56-13)43(31(7)59-37)60-32(8)50/h26-31,33-37,39-43,48,51-52,54-55H,14-25H2,1-13H3/b49-38+/t26-,27-,28+,29-,30-,31+,34+,35+,36+,37+,39+,40+,41-,42-,43+,45-,46-,47-/m1/s1. The molecule has 16 heteroatoms. The van der Waals surface area contributed by atoms with Gasteiger partial charge in [-0.1, -0.05) is 65.0 Å². The number of hydrogen-bond acceptors (Lipinski definition) is 16. The number of nitrogens with zero attached hydrogens (tertiary/aromatic N) is 1. The SMILES string of the molecule is CC[C@@H]1OC(=O)[C@H](C)[C@@H](O[C@H]2C[C@@](C)(OC)[C@@H](OC(C)=O)[C@H](C)O2)[C@H](C)[C@@H](O[C@H]2C[C@H](O)[C@@H](NC)[C@@H](C)O2)[C@](C)(O)C[C@@H](C)/C(=N\OCCCC2CCCCC2)[C@@H](C)[C@@H](O)[C@]1(C)O. The number of esters is 2. The Kier molecular flexibility index (Phi) is 19.7. The third kappa shape index (κ3) is 13.3. The van der Waals surface area contributed by atoms with Gasteiger partial charge in [-0.05, 0) is 80.2 Å². The fourth-order valence-electron chi connectivity index (χ4n) is 10.9. The molecule has 4 fully saturated rings. The number of ether oxygens (including phenoxy) is 7. The van der Waals surface area contributed by atoms with Gasteiger partial charge in [0.25, 0.3) is 0 Å². The number of likely N-dealkylation sites (N-methyl/N-ethyl adjacent to an activating group) is 1. The third-order valence-corrected chi connectivity index (χ3v) is 14.6. The summed E-state index contributed by atoms with van der Waals surface area (Å²) in [4.78, 5) is 32.6. The number of carbonyl (C=O) groups excluding carboxylic acids is 2. The first kappa shape index (κ1) is 53.6. The van der Waals surface area contributed by atoms with Crippen LogP contribution in [0, 0.1) is 29.6 Å². The summed E-state index contributed by atoms with van der Waals surface area (Å²) in [6.45, 7) is 19.0. The van der Waals surface area contributed by atoms with Crippen LogP contribution in [0.15, 0.2) is 5.16 Å². The molecule has 0 aromatic heterocycles. The van der Waals surface area contributed by atoms with Crippen LogP contribution in [0.3, 0.4) is 0 Å².